The van der Waals surface area contributed by atoms with Crippen molar-refractivity contribution in [1.29, 1.82) is 0 Å². The molecule has 0 saturated carbocycles. The lowest BCUT2D eigenvalue weighted by Gasteiger charge is -2.31. The number of fused-ring (bicyclic) bond motifs is 1. The van der Waals surface area contributed by atoms with Gasteiger partial charge in [0.05, 0.1) is 0 Å². The number of aromatic amines is 1. The molecule has 20 heavy (non-hydrogen) atoms. The third-order valence-electron chi connectivity index (χ3n) is 4.33. The Morgan fingerprint density at radius 3 is 2.85 bits per heavy atom. The van der Waals surface area contributed by atoms with Crippen molar-refractivity contribution >= 4 is 18.3 Å². The van der Waals surface area contributed by atoms with E-state index in [2.05, 4.69) is 36.3 Å². The summed E-state index contributed by atoms with van der Waals surface area (Å²) in [7, 11) is 0. The van der Waals surface area contributed by atoms with Crippen LogP contribution in [0.2, 0.25) is 0 Å². The van der Waals surface area contributed by atoms with Gasteiger partial charge in [-0.05, 0) is 26.2 Å². The van der Waals surface area contributed by atoms with Gasteiger partial charge in [-0.25, -0.2) is 0 Å². The smallest absolute Gasteiger partial charge is 0.275 e. The normalized spacial score (nSPS) is 24.1. The molecule has 5 nitrogen and oxygen atoms in total. The maximum atomic E-state index is 12.8. The van der Waals surface area contributed by atoms with E-state index in [0.29, 0.717) is 11.6 Å². The van der Waals surface area contributed by atoms with Gasteiger partial charge in [0, 0.05) is 42.9 Å². The lowest BCUT2D eigenvalue weighted by atomic mass is 9.97. The van der Waals surface area contributed by atoms with E-state index in [1.807, 2.05) is 4.90 Å². The van der Waals surface area contributed by atoms with Crippen molar-refractivity contribution in [1.82, 2.24) is 20.4 Å². The molecule has 112 valence electrons. The number of carbonyl (C=O) groups is 1. The van der Waals surface area contributed by atoms with E-state index in [1.54, 1.807) is 0 Å². The maximum Gasteiger partial charge on any atom is 0.275 e. The Morgan fingerprint density at radius 1 is 1.45 bits per heavy atom. The molecule has 1 fully saturated rings. The second-order valence-electron chi connectivity index (χ2n) is 6.49. The van der Waals surface area contributed by atoms with Gasteiger partial charge >= 0.3 is 0 Å². The molecule has 1 atom stereocenters. The highest BCUT2D eigenvalue weighted by atomic mass is 35.5. The molecule has 1 amide bonds. The zero-order valence-electron chi connectivity index (χ0n) is 12.3. The van der Waals surface area contributed by atoms with Crippen LogP contribution in [0.15, 0.2) is 0 Å². The van der Waals surface area contributed by atoms with Gasteiger partial charge in [0.25, 0.3) is 5.91 Å². The fraction of sp³-hybridized carbons (Fsp3) is 0.714. The van der Waals surface area contributed by atoms with E-state index in [1.165, 1.54) is 0 Å². The Balaban J connectivity index is 0.00000147. The largest absolute Gasteiger partial charge is 0.332 e. The first-order valence-corrected chi connectivity index (χ1v) is 7.08. The van der Waals surface area contributed by atoms with Gasteiger partial charge < -0.3 is 10.2 Å². The third kappa shape index (κ3) is 2.44. The van der Waals surface area contributed by atoms with Crippen molar-refractivity contribution in [3.8, 4) is 0 Å². The van der Waals surface area contributed by atoms with Gasteiger partial charge in [-0.3, -0.25) is 9.89 Å². The molecule has 6 heteroatoms. The summed E-state index contributed by atoms with van der Waals surface area (Å²) in [4.78, 5) is 14.7. The van der Waals surface area contributed by atoms with E-state index >= 15 is 0 Å². The van der Waals surface area contributed by atoms with Crippen molar-refractivity contribution in [3.05, 3.63) is 17.0 Å². The molecule has 0 spiro atoms. The standard InChI is InChI=1S/C14H22N4O.ClH/c1-9-6-14(2,3)18(8-9)13(19)12-10-7-15-5-4-11(10)16-17-12;/h9,15H,4-8H2,1-3H3,(H,16,17);1H. The SMILES string of the molecule is CC1CN(C(=O)c2n[nH]c3c2CNCC3)C(C)(C)C1.Cl. The number of hydrogen-bond donors (Lipinski definition) is 2. The molecular formula is C14H23ClN4O. The first-order chi connectivity index (χ1) is 8.99. The minimum absolute atomic E-state index is 0. The van der Waals surface area contributed by atoms with Gasteiger partial charge in [-0.1, -0.05) is 6.92 Å². The molecule has 1 aromatic rings. The first-order valence-electron chi connectivity index (χ1n) is 7.08. The number of hydrogen-bond acceptors (Lipinski definition) is 3. The van der Waals surface area contributed by atoms with Gasteiger partial charge in [0.1, 0.15) is 0 Å². The van der Waals surface area contributed by atoms with Crippen molar-refractivity contribution in [2.45, 2.75) is 45.7 Å². The highest BCUT2D eigenvalue weighted by Crippen LogP contribution is 2.34. The summed E-state index contributed by atoms with van der Waals surface area (Å²) in [6.07, 6.45) is 1.99. The van der Waals surface area contributed by atoms with Crippen molar-refractivity contribution in [2.75, 3.05) is 13.1 Å². The molecule has 0 aromatic carbocycles. The van der Waals surface area contributed by atoms with E-state index < -0.39 is 0 Å². The third-order valence-corrected chi connectivity index (χ3v) is 4.33. The molecule has 1 unspecified atom stereocenters. The van der Waals surface area contributed by atoms with Crippen LogP contribution >= 0.6 is 12.4 Å². The zero-order valence-corrected chi connectivity index (χ0v) is 13.1. The molecule has 0 radical (unpaired) electrons. The van der Waals surface area contributed by atoms with Gasteiger partial charge in [0.15, 0.2) is 5.69 Å². The highest BCUT2D eigenvalue weighted by Gasteiger charge is 2.41. The Morgan fingerprint density at radius 2 is 2.20 bits per heavy atom. The fourth-order valence-electron chi connectivity index (χ4n) is 3.47. The topological polar surface area (TPSA) is 61.0 Å². The summed E-state index contributed by atoms with van der Waals surface area (Å²) < 4.78 is 0. The van der Waals surface area contributed by atoms with Gasteiger partial charge in [-0.2, -0.15) is 5.10 Å². The van der Waals surface area contributed by atoms with Crippen LogP contribution in [-0.4, -0.2) is 39.6 Å². The number of rotatable bonds is 1. The minimum atomic E-state index is -0.0651. The van der Waals surface area contributed by atoms with Crippen LogP contribution in [0.3, 0.4) is 0 Å². The van der Waals surface area contributed by atoms with E-state index in [0.717, 1.165) is 43.7 Å². The lowest BCUT2D eigenvalue weighted by molar-refractivity contribution is 0.0642. The zero-order chi connectivity index (χ0) is 13.6. The molecule has 2 aliphatic heterocycles. The first kappa shape index (κ1) is 15.3. The van der Waals surface area contributed by atoms with Crippen LogP contribution < -0.4 is 5.32 Å². The summed E-state index contributed by atoms with van der Waals surface area (Å²) in [5.74, 6) is 0.641. The molecule has 0 aliphatic carbocycles. The molecule has 2 N–H and O–H groups in total. The number of carbonyl (C=O) groups excluding carboxylic acids is 1. The van der Waals surface area contributed by atoms with Crippen molar-refractivity contribution in [3.63, 3.8) is 0 Å². The highest BCUT2D eigenvalue weighted by molar-refractivity contribution is 5.94. The molecule has 0 bridgehead atoms. The second kappa shape index (κ2) is 5.37. The summed E-state index contributed by atoms with van der Waals surface area (Å²) in [5.41, 5.74) is 2.73. The van der Waals surface area contributed by atoms with E-state index in [4.69, 9.17) is 0 Å². The molecule has 3 rings (SSSR count). The summed E-state index contributed by atoms with van der Waals surface area (Å²) >= 11 is 0. The predicted molar refractivity (Wildman–Crippen MR) is 80.1 cm³/mol. The van der Waals surface area contributed by atoms with Crippen LogP contribution in [0.1, 0.15) is 48.9 Å². The average Bonchev–Trinajstić information content (AvgIpc) is 2.89. The van der Waals surface area contributed by atoms with Crippen LogP contribution in [0.25, 0.3) is 0 Å². The van der Waals surface area contributed by atoms with E-state index in [-0.39, 0.29) is 23.9 Å². The van der Waals surface area contributed by atoms with Crippen LogP contribution in [0.4, 0.5) is 0 Å². The number of likely N-dealkylation sites (tertiary alicyclic amines) is 1. The summed E-state index contributed by atoms with van der Waals surface area (Å²) in [6.45, 7) is 9.03. The van der Waals surface area contributed by atoms with Crippen LogP contribution in [-0.2, 0) is 13.0 Å². The van der Waals surface area contributed by atoms with Gasteiger partial charge in [0.2, 0.25) is 0 Å². The molecule has 2 aliphatic rings. The van der Waals surface area contributed by atoms with Crippen LogP contribution in [0.5, 0.6) is 0 Å². The predicted octanol–water partition coefficient (Wildman–Crippen LogP) is 1.74. The Bertz CT molecular complexity index is 511. The summed E-state index contributed by atoms with van der Waals surface area (Å²) in [6, 6.07) is 0. The fourth-order valence-corrected chi connectivity index (χ4v) is 3.47. The Hall–Kier alpha value is -1.07. The Kier molecular flexibility index (Phi) is 4.12. The number of H-pyrrole nitrogens is 1. The number of amides is 1. The number of nitrogens with one attached hydrogen (secondary N) is 2. The number of aromatic nitrogens is 2. The van der Waals surface area contributed by atoms with Gasteiger partial charge in [-0.15, -0.1) is 12.4 Å². The molecule has 3 heterocycles. The quantitative estimate of drug-likeness (QED) is 0.830. The average molecular weight is 299 g/mol. The minimum Gasteiger partial charge on any atom is -0.332 e. The molecule has 1 aromatic heterocycles. The van der Waals surface area contributed by atoms with Crippen LogP contribution in [0, 0.1) is 5.92 Å². The number of halogens is 1. The Labute approximate surface area is 125 Å². The van der Waals surface area contributed by atoms with Crippen molar-refractivity contribution < 1.29 is 4.79 Å². The lowest BCUT2D eigenvalue weighted by Crippen LogP contribution is -2.43. The summed E-state index contributed by atoms with van der Waals surface area (Å²) in [5, 5.41) is 10.6. The monoisotopic (exact) mass is 298 g/mol. The van der Waals surface area contributed by atoms with Crippen molar-refractivity contribution in [2.24, 2.45) is 5.92 Å². The molecular weight excluding hydrogens is 276 g/mol. The number of nitrogens with zero attached hydrogens (tertiary/aromatic N) is 2. The van der Waals surface area contributed by atoms with E-state index in [9.17, 15) is 4.79 Å². The second-order valence-corrected chi connectivity index (χ2v) is 6.49. The maximum absolute atomic E-state index is 12.8. The molecule has 1 saturated heterocycles.